The topological polar surface area (TPSA) is 8.81 Å². The molecule has 0 saturated carbocycles. The summed E-state index contributed by atoms with van der Waals surface area (Å²) >= 11 is 0. The highest BCUT2D eigenvalue weighted by Gasteiger charge is 2.16. The summed E-state index contributed by atoms with van der Waals surface area (Å²) < 4.78 is 5.21. The number of imidazole rings is 1. The van der Waals surface area contributed by atoms with Gasteiger partial charge in [0.2, 0.25) is 0 Å². The molecule has 0 fully saturated rings. The number of aryl methyl sites for hydroxylation is 2. The Labute approximate surface area is 228 Å². The van der Waals surface area contributed by atoms with Gasteiger partial charge in [-0.25, -0.2) is 9.13 Å². The van der Waals surface area contributed by atoms with Crippen LogP contribution in [0.2, 0.25) is 0 Å². The van der Waals surface area contributed by atoms with Crippen LogP contribution >= 0.6 is 0 Å². The third kappa shape index (κ3) is 18.5. The van der Waals surface area contributed by atoms with E-state index in [0.29, 0.717) is 0 Å². The minimum absolute atomic E-state index is 1.22. The number of nitrogens with zero attached hydrogens (tertiary/aromatic N) is 2. The van der Waals surface area contributed by atoms with Crippen molar-refractivity contribution in [2.24, 2.45) is 0 Å². The Hall–Kier alpha value is -0.790. The number of aromatic nitrogens is 2. The monoisotopic (exact) mass is 504 g/mol. The van der Waals surface area contributed by atoms with E-state index >= 15 is 0 Å². The number of rotatable bonds is 28. The van der Waals surface area contributed by atoms with E-state index < -0.39 is 0 Å². The van der Waals surface area contributed by atoms with Crippen LogP contribution in [0.25, 0.3) is 0 Å². The van der Waals surface area contributed by atoms with E-state index in [0.717, 1.165) is 0 Å². The van der Waals surface area contributed by atoms with E-state index in [9.17, 15) is 0 Å². The summed E-state index contributed by atoms with van der Waals surface area (Å²) in [7, 11) is 0. The lowest BCUT2D eigenvalue weighted by Crippen LogP contribution is -2.37. The average molecular weight is 504 g/mol. The van der Waals surface area contributed by atoms with Crippen molar-refractivity contribution >= 4 is 0 Å². The van der Waals surface area contributed by atoms with Gasteiger partial charge in [-0.1, -0.05) is 149 Å². The maximum atomic E-state index is 2.61. The van der Waals surface area contributed by atoms with Crippen molar-refractivity contribution in [1.82, 2.24) is 4.57 Å². The van der Waals surface area contributed by atoms with Gasteiger partial charge in [-0.3, -0.25) is 0 Å². The molecule has 0 amide bonds. The standard InChI is InChI=1S/C34H67N2/c1-4-7-10-13-15-17-18-19-20-21-23-25-28-31-36-33-32-35(30-27-12-9-6-3)34(36)29-26-24-22-16-14-11-8-5-2/h32-33H,4-31H2,1-3H3/q+1. The second kappa shape index (κ2) is 25.8. The quantitative estimate of drug-likeness (QED) is 0.0794. The predicted octanol–water partition coefficient (Wildman–Crippen LogP) is 11.1. The first kappa shape index (κ1) is 33.2. The molecule has 0 aliphatic rings. The van der Waals surface area contributed by atoms with Gasteiger partial charge in [0.15, 0.2) is 0 Å². The Kier molecular flexibility index (Phi) is 23.9. The SMILES string of the molecule is CCCCCCCCCCCCCCCn1cc[n+](CCCCCC)c1CCCCCCCCCC. The molecule has 2 nitrogen and oxygen atoms in total. The molecule has 0 aliphatic heterocycles. The first-order chi connectivity index (χ1) is 17.8. The van der Waals surface area contributed by atoms with Crippen molar-refractivity contribution in [3.8, 4) is 0 Å². The number of hydrogen-bond donors (Lipinski definition) is 0. The highest BCUT2D eigenvalue weighted by Crippen LogP contribution is 2.14. The lowest BCUT2D eigenvalue weighted by molar-refractivity contribution is -0.704. The van der Waals surface area contributed by atoms with Gasteiger partial charge >= 0.3 is 0 Å². The summed E-state index contributed by atoms with van der Waals surface area (Å²) in [6, 6.07) is 0. The zero-order valence-electron chi connectivity index (χ0n) is 25.3. The highest BCUT2D eigenvalue weighted by molar-refractivity contribution is 4.84. The fourth-order valence-electron chi connectivity index (χ4n) is 5.62. The third-order valence-corrected chi connectivity index (χ3v) is 8.10. The van der Waals surface area contributed by atoms with Crippen LogP contribution in [0.3, 0.4) is 0 Å². The van der Waals surface area contributed by atoms with Gasteiger partial charge < -0.3 is 0 Å². The van der Waals surface area contributed by atoms with Crippen LogP contribution < -0.4 is 4.57 Å². The summed E-state index contributed by atoms with van der Waals surface area (Å²) in [6.07, 6.45) is 41.5. The van der Waals surface area contributed by atoms with E-state index in [1.807, 2.05) is 0 Å². The van der Waals surface area contributed by atoms with Gasteiger partial charge in [0, 0.05) is 6.42 Å². The molecule has 1 aromatic heterocycles. The Balaban J connectivity index is 2.23. The maximum absolute atomic E-state index is 2.61. The van der Waals surface area contributed by atoms with E-state index in [4.69, 9.17) is 0 Å². The molecule has 0 unspecified atom stereocenters. The molecule has 1 rings (SSSR count). The molecule has 212 valence electrons. The molecule has 0 bridgehead atoms. The highest BCUT2D eigenvalue weighted by atomic mass is 15.1. The normalized spacial score (nSPS) is 11.5. The van der Waals surface area contributed by atoms with Crippen molar-refractivity contribution in [2.45, 2.75) is 201 Å². The van der Waals surface area contributed by atoms with Crippen LogP contribution in [0.1, 0.15) is 187 Å². The maximum Gasteiger partial charge on any atom is 0.256 e. The van der Waals surface area contributed by atoms with Gasteiger partial charge in [0.05, 0.1) is 13.1 Å². The summed E-state index contributed by atoms with van der Waals surface area (Å²) in [5, 5.41) is 0. The molecule has 0 N–H and O–H groups in total. The Morgan fingerprint density at radius 1 is 0.472 bits per heavy atom. The van der Waals surface area contributed by atoms with E-state index in [1.165, 1.54) is 180 Å². The third-order valence-electron chi connectivity index (χ3n) is 8.10. The molecule has 0 aliphatic carbocycles. The molecule has 0 spiro atoms. The predicted molar refractivity (Wildman–Crippen MR) is 161 cm³/mol. The van der Waals surface area contributed by atoms with Gasteiger partial charge in [-0.05, 0) is 32.1 Å². The molecule has 0 saturated heterocycles. The minimum atomic E-state index is 1.22. The van der Waals surface area contributed by atoms with Crippen LogP contribution in [0.4, 0.5) is 0 Å². The molecule has 0 radical (unpaired) electrons. The van der Waals surface area contributed by atoms with Crippen LogP contribution in [0, 0.1) is 0 Å². The summed E-state index contributed by atoms with van der Waals surface area (Å²) in [4.78, 5) is 0. The Morgan fingerprint density at radius 2 is 0.861 bits per heavy atom. The van der Waals surface area contributed by atoms with Crippen molar-refractivity contribution < 1.29 is 4.57 Å². The first-order valence-corrected chi connectivity index (χ1v) is 16.9. The van der Waals surface area contributed by atoms with Crippen molar-refractivity contribution in [2.75, 3.05) is 0 Å². The van der Waals surface area contributed by atoms with Gasteiger partial charge in [0.25, 0.3) is 5.82 Å². The van der Waals surface area contributed by atoms with Crippen molar-refractivity contribution in [1.29, 1.82) is 0 Å². The Morgan fingerprint density at radius 3 is 1.33 bits per heavy atom. The number of hydrogen-bond acceptors (Lipinski definition) is 0. The second-order valence-corrected chi connectivity index (χ2v) is 11.6. The summed E-state index contributed by atoms with van der Waals surface area (Å²) in [5.74, 6) is 1.61. The second-order valence-electron chi connectivity index (χ2n) is 11.6. The number of unbranched alkanes of at least 4 members (excludes halogenated alkanes) is 22. The fourth-order valence-corrected chi connectivity index (χ4v) is 5.62. The molecular formula is C34H67N2+. The van der Waals surface area contributed by atoms with E-state index in [1.54, 1.807) is 5.82 Å². The molecule has 1 heterocycles. The molecule has 0 atom stereocenters. The molecule has 2 heteroatoms. The van der Waals surface area contributed by atoms with Crippen LogP contribution in [0.5, 0.6) is 0 Å². The molecule has 1 aromatic rings. The lowest BCUT2D eigenvalue weighted by Gasteiger charge is -2.07. The summed E-state index contributed by atoms with van der Waals surface area (Å²) in [6.45, 7) is 9.38. The molecule has 36 heavy (non-hydrogen) atoms. The Bertz CT molecular complexity index is 562. The molecular weight excluding hydrogens is 436 g/mol. The zero-order chi connectivity index (χ0) is 25.9. The lowest BCUT2D eigenvalue weighted by atomic mass is 10.0. The minimum Gasteiger partial charge on any atom is -0.234 e. The van der Waals surface area contributed by atoms with Gasteiger partial charge in [-0.15, -0.1) is 0 Å². The smallest absolute Gasteiger partial charge is 0.234 e. The first-order valence-electron chi connectivity index (χ1n) is 16.9. The van der Waals surface area contributed by atoms with E-state index in [-0.39, 0.29) is 0 Å². The summed E-state index contributed by atoms with van der Waals surface area (Å²) in [5.41, 5.74) is 0. The van der Waals surface area contributed by atoms with Crippen LogP contribution in [-0.2, 0) is 19.5 Å². The van der Waals surface area contributed by atoms with Gasteiger partial charge in [-0.2, -0.15) is 0 Å². The van der Waals surface area contributed by atoms with Gasteiger partial charge in [0.1, 0.15) is 12.4 Å². The van der Waals surface area contributed by atoms with Crippen molar-refractivity contribution in [3.05, 3.63) is 18.2 Å². The van der Waals surface area contributed by atoms with Crippen LogP contribution in [0.15, 0.2) is 12.4 Å². The van der Waals surface area contributed by atoms with E-state index in [2.05, 4.69) is 42.3 Å². The largest absolute Gasteiger partial charge is 0.256 e. The fraction of sp³-hybridized carbons (Fsp3) is 0.912. The molecule has 0 aromatic carbocycles. The average Bonchev–Trinajstić information content (AvgIpc) is 3.27. The van der Waals surface area contributed by atoms with Crippen molar-refractivity contribution in [3.63, 3.8) is 0 Å². The van der Waals surface area contributed by atoms with Crippen LogP contribution in [-0.4, -0.2) is 4.57 Å². The zero-order valence-corrected chi connectivity index (χ0v) is 25.3.